The number of aryl methyl sites for hydroxylation is 1. The van der Waals surface area contributed by atoms with E-state index in [2.05, 4.69) is 24.3 Å². The van der Waals surface area contributed by atoms with Crippen LogP contribution in [0.1, 0.15) is 44.6 Å². The molecule has 0 atom stereocenters. The van der Waals surface area contributed by atoms with E-state index in [0.717, 1.165) is 32.1 Å². The van der Waals surface area contributed by atoms with E-state index in [1.807, 2.05) is 13.0 Å². The fraction of sp³-hybridized carbons (Fsp3) is 0.533. The fourth-order valence-electron chi connectivity index (χ4n) is 1.71. The molecule has 0 aromatic heterocycles. The molecule has 0 aliphatic heterocycles. The van der Waals surface area contributed by atoms with Gasteiger partial charge in [0.05, 0.1) is 6.61 Å². The third-order valence-corrected chi connectivity index (χ3v) is 2.67. The first-order chi connectivity index (χ1) is 8.33. The van der Waals surface area contributed by atoms with Crippen LogP contribution in [0.4, 0.5) is 0 Å². The molecular formula is C15H22O2. The summed E-state index contributed by atoms with van der Waals surface area (Å²) < 4.78 is 5.10. The summed E-state index contributed by atoms with van der Waals surface area (Å²) in [5.41, 5.74) is 1.38. The van der Waals surface area contributed by atoms with Crippen molar-refractivity contribution in [3.63, 3.8) is 0 Å². The van der Waals surface area contributed by atoms with Crippen molar-refractivity contribution < 1.29 is 9.53 Å². The minimum atomic E-state index is -0.0597. The molecule has 0 spiro atoms. The van der Waals surface area contributed by atoms with Crippen molar-refractivity contribution in [2.24, 2.45) is 0 Å². The first kappa shape index (κ1) is 13.8. The van der Waals surface area contributed by atoms with Gasteiger partial charge in [-0.05, 0) is 37.7 Å². The first-order valence-corrected chi connectivity index (χ1v) is 6.52. The van der Waals surface area contributed by atoms with Crippen LogP contribution in [0, 0.1) is 0 Å². The third-order valence-electron chi connectivity index (χ3n) is 2.67. The Morgan fingerprint density at radius 3 is 2.59 bits per heavy atom. The van der Waals surface area contributed by atoms with Crippen molar-refractivity contribution in [3.05, 3.63) is 35.9 Å². The van der Waals surface area contributed by atoms with Crippen molar-refractivity contribution >= 4 is 5.97 Å². The van der Waals surface area contributed by atoms with Gasteiger partial charge in [-0.15, -0.1) is 0 Å². The largest absolute Gasteiger partial charge is 0.466 e. The van der Waals surface area contributed by atoms with Gasteiger partial charge >= 0.3 is 5.97 Å². The molecule has 2 nitrogen and oxygen atoms in total. The van der Waals surface area contributed by atoms with Crippen LogP contribution in [0.2, 0.25) is 0 Å². The van der Waals surface area contributed by atoms with Gasteiger partial charge in [-0.25, -0.2) is 0 Å². The maximum atomic E-state index is 11.1. The quantitative estimate of drug-likeness (QED) is 0.506. The molecule has 0 unspecified atom stereocenters. The molecule has 0 saturated heterocycles. The van der Waals surface area contributed by atoms with Crippen molar-refractivity contribution in [2.75, 3.05) is 6.61 Å². The van der Waals surface area contributed by atoms with Crippen molar-refractivity contribution in [3.8, 4) is 0 Å². The Morgan fingerprint density at radius 2 is 1.88 bits per heavy atom. The van der Waals surface area contributed by atoms with Gasteiger partial charge in [-0.2, -0.15) is 0 Å². The van der Waals surface area contributed by atoms with Gasteiger partial charge in [0.25, 0.3) is 0 Å². The lowest BCUT2D eigenvalue weighted by atomic mass is 10.1. The maximum Gasteiger partial charge on any atom is 0.305 e. The summed E-state index contributed by atoms with van der Waals surface area (Å²) in [6.07, 6.45) is 5.78. The number of benzene rings is 1. The molecule has 0 amide bonds. The molecule has 94 valence electrons. The van der Waals surface area contributed by atoms with Crippen LogP contribution in [0.25, 0.3) is 0 Å². The number of esters is 1. The summed E-state index contributed by atoms with van der Waals surface area (Å²) in [6.45, 7) is 2.56. The maximum absolute atomic E-state index is 11.1. The number of hydrogen-bond acceptors (Lipinski definition) is 2. The van der Waals surface area contributed by atoms with Crippen LogP contribution in [0.3, 0.4) is 0 Å². The summed E-state index contributed by atoms with van der Waals surface area (Å²) in [5.74, 6) is -0.0597. The standard InChI is InChI=1S/C15H22O2/c1-2-9-15(16)17-13-8-4-7-12-14-10-5-3-6-11-14/h3,5-6,10-11H,2,4,7-9,12-13H2,1H3. The fourth-order valence-corrected chi connectivity index (χ4v) is 1.71. The Bertz CT molecular complexity index is 306. The Labute approximate surface area is 104 Å². The molecule has 1 aromatic carbocycles. The molecule has 0 N–H and O–H groups in total. The van der Waals surface area contributed by atoms with Gasteiger partial charge in [0, 0.05) is 6.42 Å². The minimum absolute atomic E-state index is 0.0597. The number of ether oxygens (including phenoxy) is 1. The van der Waals surface area contributed by atoms with E-state index in [9.17, 15) is 4.79 Å². The second-order valence-electron chi connectivity index (χ2n) is 4.27. The van der Waals surface area contributed by atoms with E-state index >= 15 is 0 Å². The number of carbonyl (C=O) groups excluding carboxylic acids is 1. The summed E-state index contributed by atoms with van der Waals surface area (Å²) in [4.78, 5) is 11.1. The Kier molecular flexibility index (Phi) is 7.12. The average Bonchev–Trinajstić information content (AvgIpc) is 2.35. The summed E-state index contributed by atoms with van der Waals surface area (Å²) in [7, 11) is 0. The van der Waals surface area contributed by atoms with Gasteiger partial charge in [0.2, 0.25) is 0 Å². The molecule has 0 saturated carbocycles. The molecule has 0 heterocycles. The monoisotopic (exact) mass is 234 g/mol. The summed E-state index contributed by atoms with van der Waals surface area (Å²) in [5, 5.41) is 0. The van der Waals surface area contributed by atoms with Crippen LogP contribution >= 0.6 is 0 Å². The number of carbonyl (C=O) groups is 1. The van der Waals surface area contributed by atoms with Gasteiger partial charge in [-0.1, -0.05) is 37.3 Å². The molecule has 0 aliphatic carbocycles. The van der Waals surface area contributed by atoms with E-state index in [-0.39, 0.29) is 5.97 Å². The molecular weight excluding hydrogens is 212 g/mol. The lowest BCUT2D eigenvalue weighted by Gasteiger charge is -2.04. The van der Waals surface area contributed by atoms with Crippen molar-refractivity contribution in [2.45, 2.75) is 45.4 Å². The van der Waals surface area contributed by atoms with Crippen LogP contribution in [-0.4, -0.2) is 12.6 Å². The zero-order valence-electron chi connectivity index (χ0n) is 10.7. The predicted molar refractivity (Wildman–Crippen MR) is 69.9 cm³/mol. The number of hydrogen-bond donors (Lipinski definition) is 0. The van der Waals surface area contributed by atoms with E-state index in [1.54, 1.807) is 0 Å². The molecule has 1 aromatic rings. The molecule has 0 aliphatic rings. The topological polar surface area (TPSA) is 26.3 Å². The normalized spacial score (nSPS) is 10.2. The van der Waals surface area contributed by atoms with Crippen LogP contribution in [-0.2, 0) is 16.0 Å². The highest BCUT2D eigenvalue weighted by Crippen LogP contribution is 2.06. The molecule has 2 heteroatoms. The molecule has 0 radical (unpaired) electrons. The van der Waals surface area contributed by atoms with Crippen molar-refractivity contribution in [1.82, 2.24) is 0 Å². The summed E-state index contributed by atoms with van der Waals surface area (Å²) in [6, 6.07) is 10.5. The average molecular weight is 234 g/mol. The zero-order valence-corrected chi connectivity index (χ0v) is 10.7. The van der Waals surface area contributed by atoms with Crippen molar-refractivity contribution in [1.29, 1.82) is 0 Å². The van der Waals surface area contributed by atoms with E-state index < -0.39 is 0 Å². The Hall–Kier alpha value is -1.31. The SMILES string of the molecule is CCCC(=O)OCCCCCc1ccccc1. The highest BCUT2D eigenvalue weighted by molar-refractivity contribution is 5.69. The van der Waals surface area contributed by atoms with E-state index in [0.29, 0.717) is 13.0 Å². The van der Waals surface area contributed by atoms with E-state index in [4.69, 9.17) is 4.74 Å². The van der Waals surface area contributed by atoms with Crippen LogP contribution in [0.15, 0.2) is 30.3 Å². The second-order valence-corrected chi connectivity index (χ2v) is 4.27. The molecule has 0 fully saturated rings. The van der Waals surface area contributed by atoms with Crippen LogP contribution < -0.4 is 0 Å². The van der Waals surface area contributed by atoms with Gasteiger partial charge < -0.3 is 4.74 Å². The number of unbranched alkanes of at least 4 members (excludes halogenated alkanes) is 2. The Morgan fingerprint density at radius 1 is 1.12 bits per heavy atom. The summed E-state index contributed by atoms with van der Waals surface area (Å²) >= 11 is 0. The van der Waals surface area contributed by atoms with Gasteiger partial charge in [0.15, 0.2) is 0 Å². The van der Waals surface area contributed by atoms with E-state index in [1.165, 1.54) is 5.56 Å². The number of rotatable bonds is 8. The lowest BCUT2D eigenvalue weighted by Crippen LogP contribution is -2.04. The van der Waals surface area contributed by atoms with Gasteiger partial charge in [-0.3, -0.25) is 4.79 Å². The lowest BCUT2D eigenvalue weighted by molar-refractivity contribution is -0.143. The second kappa shape index (κ2) is 8.80. The predicted octanol–water partition coefficient (Wildman–Crippen LogP) is 3.74. The smallest absolute Gasteiger partial charge is 0.305 e. The third kappa shape index (κ3) is 6.77. The Balaban J connectivity index is 1.96. The first-order valence-electron chi connectivity index (χ1n) is 6.52. The molecule has 1 rings (SSSR count). The van der Waals surface area contributed by atoms with Crippen LogP contribution in [0.5, 0.6) is 0 Å². The highest BCUT2D eigenvalue weighted by atomic mass is 16.5. The minimum Gasteiger partial charge on any atom is -0.466 e. The highest BCUT2D eigenvalue weighted by Gasteiger charge is 1.99. The molecule has 0 bridgehead atoms. The van der Waals surface area contributed by atoms with Gasteiger partial charge in [0.1, 0.15) is 0 Å². The molecule has 17 heavy (non-hydrogen) atoms. The zero-order chi connectivity index (χ0) is 12.3.